The Morgan fingerprint density at radius 2 is 2.33 bits per heavy atom. The minimum Gasteiger partial charge on any atom is -0.452 e. The molecule has 0 aliphatic carbocycles. The van der Waals surface area contributed by atoms with E-state index in [4.69, 9.17) is 4.74 Å². The van der Waals surface area contributed by atoms with Crippen molar-refractivity contribution in [2.75, 3.05) is 19.7 Å². The zero-order valence-corrected chi connectivity index (χ0v) is 9.34. The Morgan fingerprint density at radius 1 is 1.47 bits per heavy atom. The number of nitrogens with one attached hydrogen (secondary N) is 1. The molecule has 0 aromatic carbocycles. The molecule has 1 aliphatic heterocycles. The van der Waals surface area contributed by atoms with E-state index in [-0.39, 0.29) is 12.6 Å². The van der Waals surface area contributed by atoms with Crippen LogP contribution >= 0.6 is 0 Å². The number of hydrogen-bond donors (Lipinski definition) is 1. The van der Waals surface area contributed by atoms with Crippen LogP contribution in [0.1, 0.15) is 32.6 Å². The zero-order valence-electron chi connectivity index (χ0n) is 9.34. The average Bonchev–Trinajstić information content (AvgIpc) is 2.47. The van der Waals surface area contributed by atoms with Gasteiger partial charge in [0.1, 0.15) is 0 Å². The molecule has 15 heavy (non-hydrogen) atoms. The largest absolute Gasteiger partial charge is 0.452 e. The molecule has 0 radical (unpaired) electrons. The molecule has 1 atom stereocenters. The monoisotopic (exact) mass is 209 g/mol. The van der Waals surface area contributed by atoms with Gasteiger partial charge in [0.25, 0.3) is 0 Å². The summed E-state index contributed by atoms with van der Waals surface area (Å²) in [6.45, 7) is 4.07. The molecule has 1 saturated heterocycles. The molecule has 0 aromatic heterocycles. The molecule has 1 unspecified atom stereocenters. The summed E-state index contributed by atoms with van der Waals surface area (Å²) in [5.41, 5.74) is 0. The van der Waals surface area contributed by atoms with E-state index in [0.29, 0.717) is 12.3 Å². The highest BCUT2D eigenvalue weighted by atomic mass is 16.5. The van der Waals surface area contributed by atoms with Gasteiger partial charge in [-0.2, -0.15) is 0 Å². The Hall–Kier alpha value is -1.01. The molecule has 0 amide bonds. The Labute approximate surface area is 91.6 Å². The molecule has 3 heteroatoms. The molecule has 0 saturated carbocycles. The van der Waals surface area contributed by atoms with Crippen molar-refractivity contribution in [3.63, 3.8) is 0 Å². The maximum atomic E-state index is 11.4. The number of ether oxygens (including phenoxy) is 1. The first kappa shape index (κ1) is 12.1. The topological polar surface area (TPSA) is 38.3 Å². The van der Waals surface area contributed by atoms with Crippen molar-refractivity contribution in [2.24, 2.45) is 5.92 Å². The molecule has 1 N–H and O–H groups in total. The Bertz CT molecular complexity index is 244. The molecule has 0 aromatic rings. The smallest absolute Gasteiger partial charge is 0.307 e. The van der Waals surface area contributed by atoms with E-state index in [1.54, 1.807) is 6.92 Å². The summed E-state index contributed by atoms with van der Waals surface area (Å²) >= 11 is 0. The summed E-state index contributed by atoms with van der Waals surface area (Å²) in [7, 11) is 0. The lowest BCUT2D eigenvalue weighted by atomic mass is 9.97. The van der Waals surface area contributed by atoms with E-state index in [9.17, 15) is 4.79 Å². The molecular formula is C12H19NO2. The molecule has 3 nitrogen and oxygen atoms in total. The Balaban J connectivity index is 2.19. The van der Waals surface area contributed by atoms with Crippen molar-refractivity contribution in [1.29, 1.82) is 0 Å². The third-order valence-corrected chi connectivity index (χ3v) is 2.63. The summed E-state index contributed by atoms with van der Waals surface area (Å²) in [6, 6.07) is 0. The van der Waals surface area contributed by atoms with Crippen molar-refractivity contribution in [3.05, 3.63) is 0 Å². The molecule has 0 spiro atoms. The van der Waals surface area contributed by atoms with E-state index in [2.05, 4.69) is 17.2 Å². The second kappa shape index (κ2) is 7.30. The molecular weight excluding hydrogens is 190 g/mol. The van der Waals surface area contributed by atoms with Crippen LogP contribution in [0.2, 0.25) is 0 Å². The Kier molecular flexibility index (Phi) is 5.87. The SMILES string of the molecule is CC#CCOC(=O)CC1CCCNCC1. The average molecular weight is 209 g/mol. The van der Waals surface area contributed by atoms with Gasteiger partial charge in [0, 0.05) is 6.42 Å². The van der Waals surface area contributed by atoms with Crippen molar-refractivity contribution < 1.29 is 9.53 Å². The van der Waals surface area contributed by atoms with E-state index in [1.165, 1.54) is 0 Å². The van der Waals surface area contributed by atoms with Crippen molar-refractivity contribution in [2.45, 2.75) is 32.6 Å². The molecule has 1 heterocycles. The Morgan fingerprint density at radius 3 is 3.13 bits per heavy atom. The minimum atomic E-state index is -0.107. The zero-order chi connectivity index (χ0) is 10.9. The number of carbonyl (C=O) groups is 1. The summed E-state index contributed by atoms with van der Waals surface area (Å²) in [4.78, 5) is 11.4. The van der Waals surface area contributed by atoms with Gasteiger partial charge >= 0.3 is 5.97 Å². The third kappa shape index (κ3) is 5.44. The fourth-order valence-corrected chi connectivity index (χ4v) is 1.78. The van der Waals surface area contributed by atoms with Gasteiger partial charge in [0.2, 0.25) is 0 Å². The number of rotatable bonds is 3. The molecule has 0 bridgehead atoms. The van der Waals surface area contributed by atoms with Crippen molar-refractivity contribution >= 4 is 5.97 Å². The van der Waals surface area contributed by atoms with Crippen LogP contribution in [0.3, 0.4) is 0 Å². The van der Waals surface area contributed by atoms with Gasteiger partial charge in [-0.3, -0.25) is 4.79 Å². The van der Waals surface area contributed by atoms with Crippen LogP contribution in [0.4, 0.5) is 0 Å². The summed E-state index contributed by atoms with van der Waals surface area (Å²) in [6.07, 6.45) is 3.91. The standard InChI is InChI=1S/C12H19NO2/c1-2-3-9-15-12(14)10-11-5-4-7-13-8-6-11/h11,13H,4-10H2,1H3. The van der Waals surface area contributed by atoms with Crippen molar-refractivity contribution in [1.82, 2.24) is 5.32 Å². The van der Waals surface area contributed by atoms with E-state index >= 15 is 0 Å². The number of hydrogen-bond acceptors (Lipinski definition) is 3. The lowest BCUT2D eigenvalue weighted by Gasteiger charge is -2.11. The normalized spacial score (nSPS) is 21.0. The molecule has 1 rings (SSSR count). The lowest BCUT2D eigenvalue weighted by molar-refractivity contribution is -0.143. The van der Waals surface area contributed by atoms with Crippen LogP contribution in [-0.2, 0) is 9.53 Å². The maximum absolute atomic E-state index is 11.4. The van der Waals surface area contributed by atoms with Gasteiger partial charge in [0.15, 0.2) is 6.61 Å². The second-order valence-electron chi connectivity index (χ2n) is 3.84. The first-order valence-corrected chi connectivity index (χ1v) is 5.59. The predicted molar refractivity (Wildman–Crippen MR) is 59.2 cm³/mol. The molecule has 1 fully saturated rings. The quantitative estimate of drug-likeness (QED) is 0.563. The van der Waals surface area contributed by atoms with Crippen LogP contribution in [0.15, 0.2) is 0 Å². The summed E-state index contributed by atoms with van der Waals surface area (Å²) in [5.74, 6) is 5.80. The van der Waals surface area contributed by atoms with Gasteiger partial charge in [-0.25, -0.2) is 0 Å². The van der Waals surface area contributed by atoms with Gasteiger partial charge < -0.3 is 10.1 Å². The fourth-order valence-electron chi connectivity index (χ4n) is 1.78. The number of esters is 1. The van der Waals surface area contributed by atoms with Crippen LogP contribution in [0, 0.1) is 17.8 Å². The first-order valence-electron chi connectivity index (χ1n) is 5.59. The van der Waals surface area contributed by atoms with Crippen LogP contribution in [-0.4, -0.2) is 25.7 Å². The highest BCUT2D eigenvalue weighted by molar-refractivity contribution is 5.69. The highest BCUT2D eigenvalue weighted by Gasteiger charge is 2.16. The van der Waals surface area contributed by atoms with E-state index < -0.39 is 0 Å². The van der Waals surface area contributed by atoms with Crippen LogP contribution < -0.4 is 5.32 Å². The third-order valence-electron chi connectivity index (χ3n) is 2.63. The highest BCUT2D eigenvalue weighted by Crippen LogP contribution is 2.17. The summed E-state index contributed by atoms with van der Waals surface area (Å²) < 4.78 is 4.99. The van der Waals surface area contributed by atoms with E-state index in [0.717, 1.165) is 32.4 Å². The summed E-state index contributed by atoms with van der Waals surface area (Å²) in [5, 5.41) is 3.33. The van der Waals surface area contributed by atoms with Gasteiger partial charge in [-0.1, -0.05) is 5.92 Å². The minimum absolute atomic E-state index is 0.107. The number of carbonyl (C=O) groups excluding carboxylic acids is 1. The predicted octanol–water partition coefficient (Wildman–Crippen LogP) is 1.33. The lowest BCUT2D eigenvalue weighted by Crippen LogP contribution is -2.15. The molecule has 84 valence electrons. The van der Waals surface area contributed by atoms with Gasteiger partial charge in [-0.15, -0.1) is 5.92 Å². The van der Waals surface area contributed by atoms with Gasteiger partial charge in [-0.05, 0) is 45.2 Å². The fraction of sp³-hybridized carbons (Fsp3) is 0.750. The maximum Gasteiger partial charge on any atom is 0.307 e. The van der Waals surface area contributed by atoms with Crippen LogP contribution in [0.25, 0.3) is 0 Å². The second-order valence-corrected chi connectivity index (χ2v) is 3.84. The van der Waals surface area contributed by atoms with Gasteiger partial charge in [0.05, 0.1) is 0 Å². The first-order chi connectivity index (χ1) is 7.33. The van der Waals surface area contributed by atoms with E-state index in [1.807, 2.05) is 0 Å². The molecule has 1 aliphatic rings. The van der Waals surface area contributed by atoms with Crippen molar-refractivity contribution in [3.8, 4) is 11.8 Å². The van der Waals surface area contributed by atoms with Crippen LogP contribution in [0.5, 0.6) is 0 Å².